The highest BCUT2D eigenvalue weighted by molar-refractivity contribution is 7.09. The van der Waals surface area contributed by atoms with Crippen molar-refractivity contribution in [1.29, 1.82) is 0 Å². The van der Waals surface area contributed by atoms with Crippen LogP contribution >= 0.6 is 11.3 Å². The van der Waals surface area contributed by atoms with Crippen molar-refractivity contribution in [2.75, 3.05) is 6.54 Å². The zero-order valence-corrected chi connectivity index (χ0v) is 14.5. The molecule has 0 amide bonds. The summed E-state index contributed by atoms with van der Waals surface area (Å²) in [6, 6.07) is 2.12. The van der Waals surface area contributed by atoms with Crippen LogP contribution in [0.1, 0.15) is 49.3 Å². The van der Waals surface area contributed by atoms with Crippen molar-refractivity contribution in [2.24, 2.45) is 0 Å². The summed E-state index contributed by atoms with van der Waals surface area (Å²) in [5.41, 5.74) is 3.63. The molecule has 1 N–H and O–H groups in total. The normalized spacial score (nSPS) is 12.0. The van der Waals surface area contributed by atoms with Crippen molar-refractivity contribution in [1.82, 2.24) is 20.1 Å². The standard InChI is InChI=1S/C16H26N4S/c1-12-9-13(2)20(19-12)8-6-7-17-10-14-11-21-15(18-14)16(3,4)5/h9,11,17H,6-8,10H2,1-5H3. The van der Waals surface area contributed by atoms with Crippen molar-refractivity contribution in [3.63, 3.8) is 0 Å². The van der Waals surface area contributed by atoms with Crippen molar-refractivity contribution in [3.05, 3.63) is 33.5 Å². The van der Waals surface area contributed by atoms with E-state index >= 15 is 0 Å². The number of rotatable bonds is 6. The second-order valence-electron chi connectivity index (χ2n) is 6.57. The molecule has 4 nitrogen and oxygen atoms in total. The van der Waals surface area contributed by atoms with Gasteiger partial charge in [-0.25, -0.2) is 4.98 Å². The van der Waals surface area contributed by atoms with Crippen LogP contribution in [0.2, 0.25) is 0 Å². The maximum absolute atomic E-state index is 4.69. The van der Waals surface area contributed by atoms with Crippen LogP contribution in [0.4, 0.5) is 0 Å². The SMILES string of the molecule is Cc1cc(C)n(CCCNCc2csc(C(C)(C)C)n2)n1. The molecule has 0 saturated carbocycles. The summed E-state index contributed by atoms with van der Waals surface area (Å²) in [5, 5.41) is 11.3. The van der Waals surface area contributed by atoms with Gasteiger partial charge in [0.25, 0.3) is 0 Å². The van der Waals surface area contributed by atoms with E-state index in [0.29, 0.717) is 0 Å². The second-order valence-corrected chi connectivity index (χ2v) is 7.43. The van der Waals surface area contributed by atoms with E-state index in [1.54, 1.807) is 11.3 Å². The predicted octanol–water partition coefficient (Wildman–Crippen LogP) is 3.43. The summed E-state index contributed by atoms with van der Waals surface area (Å²) in [6.45, 7) is 13.6. The Balaban J connectivity index is 1.70. The van der Waals surface area contributed by atoms with Gasteiger partial charge in [0.1, 0.15) is 0 Å². The lowest BCUT2D eigenvalue weighted by molar-refractivity contribution is 0.529. The van der Waals surface area contributed by atoms with Crippen molar-refractivity contribution < 1.29 is 0 Å². The van der Waals surface area contributed by atoms with E-state index in [1.807, 2.05) is 6.92 Å². The number of nitrogens with one attached hydrogen (secondary N) is 1. The van der Waals surface area contributed by atoms with Gasteiger partial charge in [0.2, 0.25) is 0 Å². The van der Waals surface area contributed by atoms with Gasteiger partial charge < -0.3 is 5.32 Å². The highest BCUT2D eigenvalue weighted by Gasteiger charge is 2.17. The molecule has 2 aromatic rings. The first kappa shape index (κ1) is 16.2. The van der Waals surface area contributed by atoms with Crippen LogP contribution in [-0.2, 0) is 18.5 Å². The molecule has 0 unspecified atom stereocenters. The monoisotopic (exact) mass is 306 g/mol. The molecule has 0 bridgehead atoms. The van der Waals surface area contributed by atoms with Gasteiger partial charge in [-0.05, 0) is 32.9 Å². The largest absolute Gasteiger partial charge is 0.311 e. The third-order valence-corrected chi connectivity index (χ3v) is 4.64. The molecule has 0 aliphatic heterocycles. The molecular formula is C16H26N4S. The molecule has 0 fully saturated rings. The van der Waals surface area contributed by atoms with Crippen molar-refractivity contribution in [2.45, 2.75) is 59.5 Å². The summed E-state index contributed by atoms with van der Waals surface area (Å²) < 4.78 is 2.08. The number of thiazole rings is 1. The van der Waals surface area contributed by atoms with Gasteiger partial charge in [-0.1, -0.05) is 20.8 Å². The first-order valence-corrected chi connectivity index (χ1v) is 8.41. The average Bonchev–Trinajstić information content (AvgIpc) is 2.96. The minimum atomic E-state index is 0.151. The van der Waals surface area contributed by atoms with Gasteiger partial charge in [0.15, 0.2) is 0 Å². The smallest absolute Gasteiger partial charge is 0.0982 e. The Kier molecular flexibility index (Phi) is 5.17. The number of aromatic nitrogens is 3. The van der Waals surface area contributed by atoms with Gasteiger partial charge in [-0.3, -0.25) is 4.68 Å². The molecule has 0 atom stereocenters. The Morgan fingerprint density at radius 2 is 2.05 bits per heavy atom. The van der Waals surface area contributed by atoms with Crippen LogP contribution in [0.3, 0.4) is 0 Å². The lowest BCUT2D eigenvalue weighted by atomic mass is 9.98. The summed E-state index contributed by atoms with van der Waals surface area (Å²) in [7, 11) is 0. The van der Waals surface area contributed by atoms with Gasteiger partial charge in [0.05, 0.1) is 16.4 Å². The lowest BCUT2D eigenvalue weighted by Crippen LogP contribution is -2.18. The molecule has 0 saturated heterocycles. The van der Waals surface area contributed by atoms with Gasteiger partial charge in [-0.15, -0.1) is 11.3 Å². The Labute approximate surface area is 131 Å². The molecule has 0 radical (unpaired) electrons. The second kappa shape index (κ2) is 6.71. The number of nitrogens with zero attached hydrogens (tertiary/aromatic N) is 3. The molecule has 2 heterocycles. The minimum Gasteiger partial charge on any atom is -0.311 e. The van der Waals surface area contributed by atoms with E-state index in [0.717, 1.165) is 37.4 Å². The van der Waals surface area contributed by atoms with Crippen LogP contribution in [-0.4, -0.2) is 21.3 Å². The molecule has 0 aromatic carbocycles. The van der Waals surface area contributed by atoms with Crippen molar-refractivity contribution in [3.8, 4) is 0 Å². The highest BCUT2D eigenvalue weighted by Crippen LogP contribution is 2.25. The van der Waals surface area contributed by atoms with E-state index in [4.69, 9.17) is 4.98 Å². The third kappa shape index (κ3) is 4.64. The Morgan fingerprint density at radius 1 is 1.29 bits per heavy atom. The minimum absolute atomic E-state index is 0.151. The zero-order chi connectivity index (χ0) is 15.5. The molecule has 0 spiro atoms. The van der Waals surface area contributed by atoms with Crippen LogP contribution in [0.15, 0.2) is 11.4 Å². The summed E-state index contributed by atoms with van der Waals surface area (Å²) in [4.78, 5) is 4.69. The Hall–Kier alpha value is -1.20. The Bertz CT molecular complexity index is 577. The van der Waals surface area contributed by atoms with E-state index in [9.17, 15) is 0 Å². The summed E-state index contributed by atoms with van der Waals surface area (Å²) in [6.07, 6.45) is 1.08. The molecular weight excluding hydrogens is 280 g/mol. The van der Waals surface area contributed by atoms with E-state index in [-0.39, 0.29) is 5.41 Å². The summed E-state index contributed by atoms with van der Waals surface area (Å²) >= 11 is 1.76. The molecule has 116 valence electrons. The molecule has 21 heavy (non-hydrogen) atoms. The molecule has 2 aromatic heterocycles. The fourth-order valence-electron chi connectivity index (χ4n) is 2.20. The quantitative estimate of drug-likeness (QED) is 0.831. The van der Waals surface area contributed by atoms with Crippen LogP contribution in [0.25, 0.3) is 0 Å². The average molecular weight is 306 g/mol. The van der Waals surface area contributed by atoms with Crippen LogP contribution in [0.5, 0.6) is 0 Å². The maximum atomic E-state index is 4.69. The summed E-state index contributed by atoms with van der Waals surface area (Å²) in [5.74, 6) is 0. The fraction of sp³-hybridized carbons (Fsp3) is 0.625. The molecule has 2 rings (SSSR count). The van der Waals surface area contributed by atoms with Gasteiger partial charge in [0, 0.05) is 29.6 Å². The number of hydrogen-bond acceptors (Lipinski definition) is 4. The number of hydrogen-bond donors (Lipinski definition) is 1. The van der Waals surface area contributed by atoms with E-state index in [1.165, 1.54) is 10.7 Å². The first-order valence-electron chi connectivity index (χ1n) is 7.53. The topological polar surface area (TPSA) is 42.7 Å². The fourth-order valence-corrected chi connectivity index (χ4v) is 3.11. The first-order chi connectivity index (χ1) is 9.86. The Morgan fingerprint density at radius 3 is 2.62 bits per heavy atom. The van der Waals surface area contributed by atoms with Gasteiger partial charge in [-0.2, -0.15) is 5.10 Å². The van der Waals surface area contributed by atoms with Crippen LogP contribution < -0.4 is 5.32 Å². The zero-order valence-electron chi connectivity index (χ0n) is 13.7. The van der Waals surface area contributed by atoms with Crippen LogP contribution in [0, 0.1) is 13.8 Å². The molecule has 0 aliphatic rings. The molecule has 0 aliphatic carbocycles. The van der Waals surface area contributed by atoms with Gasteiger partial charge >= 0.3 is 0 Å². The maximum Gasteiger partial charge on any atom is 0.0982 e. The molecule has 5 heteroatoms. The number of aryl methyl sites for hydroxylation is 3. The highest BCUT2D eigenvalue weighted by atomic mass is 32.1. The van der Waals surface area contributed by atoms with Crippen molar-refractivity contribution >= 4 is 11.3 Å². The predicted molar refractivity (Wildman–Crippen MR) is 88.8 cm³/mol. The van der Waals surface area contributed by atoms with E-state index in [2.05, 4.69) is 54.2 Å². The lowest BCUT2D eigenvalue weighted by Gasteiger charge is -2.13. The van der Waals surface area contributed by atoms with E-state index < -0.39 is 0 Å². The third-order valence-electron chi connectivity index (χ3n) is 3.33.